The summed E-state index contributed by atoms with van der Waals surface area (Å²) in [5, 5.41) is 2.66. The van der Waals surface area contributed by atoms with Gasteiger partial charge in [-0.3, -0.25) is 19.9 Å². The highest BCUT2D eigenvalue weighted by Crippen LogP contribution is 2.21. The number of rotatable bonds is 11. The summed E-state index contributed by atoms with van der Waals surface area (Å²) in [7, 11) is -3.93. The van der Waals surface area contributed by atoms with Crippen LogP contribution in [0.15, 0.2) is 60.2 Å². The van der Waals surface area contributed by atoms with Crippen molar-refractivity contribution in [3.05, 3.63) is 55.3 Å². The van der Waals surface area contributed by atoms with Gasteiger partial charge in [0.15, 0.2) is 0 Å². The van der Waals surface area contributed by atoms with Crippen molar-refractivity contribution in [3.8, 4) is 11.1 Å². The molecule has 1 atom stereocenters. The van der Waals surface area contributed by atoms with E-state index >= 15 is 0 Å². The van der Waals surface area contributed by atoms with Gasteiger partial charge in [-0.05, 0) is 37.5 Å². The highest BCUT2D eigenvalue weighted by molar-refractivity contribution is 7.89. The maximum atomic E-state index is 12.9. The molecule has 2 amide bonds. The first-order valence-electron chi connectivity index (χ1n) is 10.7. The topological polar surface area (TPSA) is 143 Å². The molecule has 2 heterocycles. The van der Waals surface area contributed by atoms with Crippen LogP contribution in [0, 0.1) is 0 Å². The van der Waals surface area contributed by atoms with E-state index in [0.717, 1.165) is 11.1 Å². The van der Waals surface area contributed by atoms with Crippen molar-refractivity contribution in [2.75, 3.05) is 26.2 Å². The molecule has 0 radical (unpaired) electrons. The molecule has 12 heteroatoms. The molecule has 0 aliphatic carbocycles. The van der Waals surface area contributed by atoms with Crippen molar-refractivity contribution in [1.29, 1.82) is 0 Å². The van der Waals surface area contributed by atoms with Crippen LogP contribution in [-0.4, -0.2) is 67.4 Å². The Kier molecular flexibility index (Phi) is 8.68. The van der Waals surface area contributed by atoms with Crippen LogP contribution in [-0.2, 0) is 24.4 Å². The molecule has 1 aliphatic rings. The number of nitrogens with one attached hydrogen (secondary N) is 3. The number of allylic oxidation sites excluding steroid dienone is 1. The number of aromatic nitrogens is 2. The van der Waals surface area contributed by atoms with Crippen LogP contribution >= 0.6 is 0 Å². The lowest BCUT2D eigenvalue weighted by atomic mass is 10.1. The van der Waals surface area contributed by atoms with Crippen molar-refractivity contribution in [3.63, 3.8) is 0 Å². The van der Waals surface area contributed by atoms with Gasteiger partial charge in [-0.25, -0.2) is 18.4 Å². The molecular formula is C22H28N6O5S. The average Bonchev–Trinajstić information content (AvgIpc) is 2.82. The van der Waals surface area contributed by atoms with Crippen molar-refractivity contribution in [2.24, 2.45) is 0 Å². The van der Waals surface area contributed by atoms with Gasteiger partial charge < -0.3 is 10.2 Å². The maximum Gasteiger partial charge on any atom is 0.241 e. The number of amides is 2. The second kappa shape index (κ2) is 11.7. The van der Waals surface area contributed by atoms with E-state index in [-0.39, 0.29) is 30.5 Å². The fraction of sp³-hybridized carbons (Fsp3) is 0.364. The van der Waals surface area contributed by atoms with E-state index < -0.39 is 22.0 Å². The third-order valence-corrected chi connectivity index (χ3v) is 6.48. The Morgan fingerprint density at radius 3 is 2.59 bits per heavy atom. The predicted molar refractivity (Wildman–Crippen MR) is 124 cm³/mol. The van der Waals surface area contributed by atoms with E-state index in [1.54, 1.807) is 31.5 Å². The highest BCUT2D eigenvalue weighted by atomic mass is 32.2. The number of piperidine rings is 1. The van der Waals surface area contributed by atoms with E-state index in [9.17, 15) is 18.0 Å². The summed E-state index contributed by atoms with van der Waals surface area (Å²) >= 11 is 0. The van der Waals surface area contributed by atoms with Crippen molar-refractivity contribution in [2.45, 2.75) is 30.7 Å². The number of carbonyl (C=O) groups excluding carboxylic acids is 2. The predicted octanol–water partition coefficient (Wildman–Crippen LogP) is 0.584. The zero-order valence-corrected chi connectivity index (χ0v) is 19.7. The van der Waals surface area contributed by atoms with Gasteiger partial charge in [0.2, 0.25) is 21.8 Å². The minimum atomic E-state index is -3.93. The van der Waals surface area contributed by atoms with Crippen molar-refractivity contribution >= 4 is 21.8 Å². The summed E-state index contributed by atoms with van der Waals surface area (Å²) in [4.78, 5) is 39.4. The number of sulfonamides is 1. The Morgan fingerprint density at radius 1 is 1.21 bits per heavy atom. The van der Waals surface area contributed by atoms with Crippen LogP contribution in [0.5, 0.6) is 0 Å². The Hall–Kier alpha value is -3.35. The van der Waals surface area contributed by atoms with E-state index in [4.69, 9.17) is 4.84 Å². The summed E-state index contributed by atoms with van der Waals surface area (Å²) in [5.74, 6) is -0.778. The maximum absolute atomic E-state index is 12.9. The number of hydrogen-bond donors (Lipinski definition) is 3. The Labute approximate surface area is 198 Å². The second-order valence-corrected chi connectivity index (χ2v) is 9.52. The monoisotopic (exact) mass is 488 g/mol. The summed E-state index contributed by atoms with van der Waals surface area (Å²) in [6.07, 6.45) is 5.61. The minimum Gasteiger partial charge on any atom is -0.352 e. The molecule has 182 valence electrons. The Bertz CT molecular complexity index is 1110. The normalized spacial score (nSPS) is 16.2. The number of carbonyl (C=O) groups is 2. The van der Waals surface area contributed by atoms with Gasteiger partial charge in [0.25, 0.3) is 0 Å². The molecule has 34 heavy (non-hydrogen) atoms. The van der Waals surface area contributed by atoms with Gasteiger partial charge in [0.05, 0.1) is 18.0 Å². The van der Waals surface area contributed by atoms with Gasteiger partial charge in [-0.1, -0.05) is 18.7 Å². The first-order chi connectivity index (χ1) is 16.3. The quantitative estimate of drug-likeness (QED) is 0.308. The van der Waals surface area contributed by atoms with E-state index in [2.05, 4.69) is 32.1 Å². The third-order valence-electron chi connectivity index (χ3n) is 4.99. The SMILES string of the molecule is C=C(C)NOCCNC(=O)CN1CCC[C@H](NS(=O)(=O)c2ccc(-c3cncnc3)cc2)C1=O. The zero-order chi connectivity index (χ0) is 24.6. The number of likely N-dealkylation sites (tertiary alicyclic amines) is 1. The molecule has 3 rings (SSSR count). The molecule has 11 nitrogen and oxygen atoms in total. The summed E-state index contributed by atoms with van der Waals surface area (Å²) in [6, 6.07) is 5.31. The molecule has 0 bridgehead atoms. The standard InChI is InChI=1S/C22H28N6O5S/c1-16(2)26-33-11-9-25-21(29)14-28-10-3-4-20(22(28)30)27-34(31,32)19-7-5-17(6-8-19)18-12-23-15-24-13-18/h5-8,12-13,15,20,26-27H,1,3-4,9-11,14H2,2H3,(H,25,29)/t20-/m0/s1. The van der Waals surface area contributed by atoms with Crippen LogP contribution < -0.4 is 15.5 Å². The summed E-state index contributed by atoms with van der Waals surface area (Å²) in [5.41, 5.74) is 4.75. The summed E-state index contributed by atoms with van der Waals surface area (Å²) in [6.45, 7) is 6.06. The average molecular weight is 489 g/mol. The lowest BCUT2D eigenvalue weighted by molar-refractivity contribution is -0.139. The lowest BCUT2D eigenvalue weighted by Gasteiger charge is -2.32. The number of hydrogen-bond acceptors (Lipinski definition) is 8. The molecule has 0 unspecified atom stereocenters. The molecule has 1 aliphatic heterocycles. The Morgan fingerprint density at radius 2 is 1.91 bits per heavy atom. The van der Waals surface area contributed by atoms with E-state index in [0.29, 0.717) is 25.1 Å². The first-order valence-corrected chi connectivity index (χ1v) is 12.2. The van der Waals surface area contributed by atoms with Gasteiger partial charge in [-0.2, -0.15) is 4.72 Å². The molecule has 3 N–H and O–H groups in total. The highest BCUT2D eigenvalue weighted by Gasteiger charge is 2.33. The molecule has 1 saturated heterocycles. The van der Waals surface area contributed by atoms with Crippen molar-refractivity contribution in [1.82, 2.24) is 30.4 Å². The Balaban J connectivity index is 1.55. The smallest absolute Gasteiger partial charge is 0.241 e. The minimum absolute atomic E-state index is 0.0409. The number of hydroxylamine groups is 1. The summed E-state index contributed by atoms with van der Waals surface area (Å²) < 4.78 is 28.2. The van der Waals surface area contributed by atoms with Crippen LogP contribution in [0.1, 0.15) is 19.8 Å². The van der Waals surface area contributed by atoms with Crippen LogP contribution in [0.25, 0.3) is 11.1 Å². The second-order valence-electron chi connectivity index (χ2n) is 7.81. The largest absolute Gasteiger partial charge is 0.352 e. The molecule has 1 aromatic heterocycles. The molecule has 0 spiro atoms. The molecule has 0 saturated carbocycles. The van der Waals surface area contributed by atoms with Gasteiger partial charge in [0.1, 0.15) is 12.4 Å². The number of nitrogens with zero attached hydrogens (tertiary/aromatic N) is 3. The number of benzene rings is 1. The lowest BCUT2D eigenvalue weighted by Crippen LogP contribution is -2.54. The van der Waals surface area contributed by atoms with Crippen LogP contribution in [0.2, 0.25) is 0 Å². The third kappa shape index (κ3) is 7.07. The molecular weight excluding hydrogens is 460 g/mol. The first kappa shape index (κ1) is 25.3. The van der Waals surface area contributed by atoms with Crippen LogP contribution in [0.4, 0.5) is 0 Å². The van der Waals surface area contributed by atoms with E-state index in [1.165, 1.54) is 23.4 Å². The van der Waals surface area contributed by atoms with E-state index in [1.807, 2.05) is 0 Å². The van der Waals surface area contributed by atoms with Crippen molar-refractivity contribution < 1.29 is 22.8 Å². The van der Waals surface area contributed by atoms with Crippen LogP contribution in [0.3, 0.4) is 0 Å². The molecule has 1 fully saturated rings. The van der Waals surface area contributed by atoms with Gasteiger partial charge in [0, 0.05) is 36.7 Å². The van der Waals surface area contributed by atoms with Gasteiger partial charge >= 0.3 is 0 Å². The van der Waals surface area contributed by atoms with Gasteiger partial charge in [-0.15, -0.1) is 0 Å². The fourth-order valence-electron chi connectivity index (χ4n) is 3.38. The zero-order valence-electron chi connectivity index (χ0n) is 18.9. The molecule has 2 aromatic rings. The molecule has 1 aromatic carbocycles. The fourth-order valence-corrected chi connectivity index (χ4v) is 4.61.